The van der Waals surface area contributed by atoms with Crippen molar-refractivity contribution in [1.82, 2.24) is 4.90 Å². The van der Waals surface area contributed by atoms with E-state index >= 15 is 0 Å². The van der Waals surface area contributed by atoms with Gasteiger partial charge in [0.2, 0.25) is 0 Å². The first-order valence-electron chi connectivity index (χ1n) is 9.75. The molecule has 2 spiro atoms. The molecule has 4 heterocycles. The molecule has 27 heavy (non-hydrogen) atoms. The molecule has 3 aliphatic rings. The van der Waals surface area contributed by atoms with Gasteiger partial charge in [0.05, 0.1) is 6.61 Å². The van der Waals surface area contributed by atoms with Crippen LogP contribution < -0.4 is 0 Å². The van der Waals surface area contributed by atoms with E-state index in [0.717, 1.165) is 19.4 Å². The highest BCUT2D eigenvalue weighted by atomic mass is 32.2. The van der Waals surface area contributed by atoms with E-state index in [4.69, 9.17) is 9.47 Å². The number of amides is 1. The van der Waals surface area contributed by atoms with Crippen LogP contribution in [0.1, 0.15) is 57.4 Å². The summed E-state index contributed by atoms with van der Waals surface area (Å²) in [6.07, 6.45) is 2.76. The molecule has 4 nitrogen and oxygen atoms in total. The molecular weight excluding hydrogens is 398 g/mol. The van der Waals surface area contributed by atoms with Gasteiger partial charge in [-0.05, 0) is 69.1 Å². The summed E-state index contributed by atoms with van der Waals surface area (Å²) in [5.41, 5.74) is 0.771. The van der Waals surface area contributed by atoms with Crippen molar-refractivity contribution in [1.29, 1.82) is 0 Å². The third-order valence-electron chi connectivity index (χ3n) is 5.53. The SMILES string of the molecule is C[C@H]1C[C@@]2(CCN1C(=O)OC(C)(C)C)OCC1(SCCCS1)c1ccsc12. The van der Waals surface area contributed by atoms with Crippen LogP contribution >= 0.6 is 34.9 Å². The topological polar surface area (TPSA) is 38.8 Å². The molecule has 0 aromatic carbocycles. The summed E-state index contributed by atoms with van der Waals surface area (Å²) in [6, 6.07) is 2.42. The van der Waals surface area contributed by atoms with Gasteiger partial charge in [0.1, 0.15) is 15.3 Å². The molecule has 0 bridgehead atoms. The van der Waals surface area contributed by atoms with Crippen molar-refractivity contribution in [2.45, 2.75) is 68.3 Å². The van der Waals surface area contributed by atoms with Gasteiger partial charge in [0, 0.05) is 23.9 Å². The molecule has 2 fully saturated rings. The molecule has 4 rings (SSSR count). The Kier molecular flexibility index (Phi) is 5.28. The minimum atomic E-state index is -0.462. The van der Waals surface area contributed by atoms with Crippen LogP contribution in [0.15, 0.2) is 11.4 Å². The Morgan fingerprint density at radius 2 is 2.07 bits per heavy atom. The van der Waals surface area contributed by atoms with Gasteiger partial charge in [-0.25, -0.2) is 4.79 Å². The highest BCUT2D eigenvalue weighted by Crippen LogP contribution is 2.59. The predicted molar refractivity (Wildman–Crippen MR) is 115 cm³/mol. The van der Waals surface area contributed by atoms with Crippen molar-refractivity contribution in [3.63, 3.8) is 0 Å². The third-order valence-corrected chi connectivity index (χ3v) is 9.93. The Bertz CT molecular complexity index is 708. The maximum Gasteiger partial charge on any atom is 0.410 e. The number of nitrogens with zero attached hydrogens (tertiary/aromatic N) is 1. The van der Waals surface area contributed by atoms with Crippen LogP contribution in [0.4, 0.5) is 4.79 Å². The van der Waals surface area contributed by atoms with Crippen LogP contribution in [0.5, 0.6) is 0 Å². The van der Waals surface area contributed by atoms with Gasteiger partial charge in [-0.2, -0.15) is 0 Å². The van der Waals surface area contributed by atoms with Gasteiger partial charge in [-0.15, -0.1) is 34.9 Å². The van der Waals surface area contributed by atoms with Crippen molar-refractivity contribution < 1.29 is 14.3 Å². The van der Waals surface area contributed by atoms with Gasteiger partial charge in [0.25, 0.3) is 0 Å². The molecular formula is C20H29NO3S3. The summed E-state index contributed by atoms with van der Waals surface area (Å²) in [4.78, 5) is 15.9. The molecule has 150 valence electrons. The Labute approximate surface area is 174 Å². The summed E-state index contributed by atoms with van der Waals surface area (Å²) in [6.45, 7) is 9.33. The van der Waals surface area contributed by atoms with Gasteiger partial charge >= 0.3 is 6.09 Å². The smallest absolute Gasteiger partial charge is 0.410 e. The molecule has 0 unspecified atom stereocenters. The summed E-state index contributed by atoms with van der Waals surface area (Å²) < 4.78 is 12.4. The molecule has 0 radical (unpaired) electrons. The average molecular weight is 428 g/mol. The van der Waals surface area contributed by atoms with Crippen LogP contribution in [0.25, 0.3) is 0 Å². The van der Waals surface area contributed by atoms with Crippen molar-refractivity contribution in [3.05, 3.63) is 21.9 Å². The van der Waals surface area contributed by atoms with Crippen LogP contribution in [0.3, 0.4) is 0 Å². The van der Waals surface area contributed by atoms with Crippen molar-refractivity contribution in [2.75, 3.05) is 24.7 Å². The second kappa shape index (κ2) is 7.15. The Hall–Kier alpha value is -0.370. The highest BCUT2D eigenvalue weighted by Gasteiger charge is 2.53. The van der Waals surface area contributed by atoms with Gasteiger partial charge < -0.3 is 14.4 Å². The van der Waals surface area contributed by atoms with Crippen LogP contribution in [-0.2, 0) is 19.2 Å². The average Bonchev–Trinajstić information content (AvgIpc) is 3.10. The molecule has 0 aliphatic carbocycles. The number of piperidine rings is 1. The number of thiophene rings is 1. The molecule has 0 N–H and O–H groups in total. The number of fused-ring (bicyclic) bond motifs is 3. The normalized spacial score (nSPS) is 30.4. The van der Waals surface area contributed by atoms with E-state index in [9.17, 15) is 4.79 Å². The first-order valence-corrected chi connectivity index (χ1v) is 12.6. The van der Waals surface area contributed by atoms with E-state index in [2.05, 4.69) is 41.9 Å². The van der Waals surface area contributed by atoms with E-state index in [0.29, 0.717) is 6.54 Å². The molecule has 1 amide bonds. The van der Waals surface area contributed by atoms with Gasteiger partial charge in [-0.1, -0.05) is 0 Å². The molecule has 1 aromatic heterocycles. The molecule has 1 aromatic rings. The quantitative estimate of drug-likeness (QED) is 0.553. The van der Waals surface area contributed by atoms with Crippen LogP contribution in [-0.4, -0.2) is 47.3 Å². The Balaban J connectivity index is 1.55. The minimum Gasteiger partial charge on any atom is -0.444 e. The minimum absolute atomic E-state index is 0.0738. The fourth-order valence-corrected chi connectivity index (χ4v) is 8.78. The van der Waals surface area contributed by atoms with E-state index in [1.54, 1.807) is 0 Å². The lowest BCUT2D eigenvalue weighted by molar-refractivity contribution is -0.111. The summed E-state index contributed by atoms with van der Waals surface area (Å²) in [5.74, 6) is 2.42. The number of carbonyl (C=O) groups excluding carboxylic acids is 1. The fraction of sp³-hybridized carbons (Fsp3) is 0.750. The monoisotopic (exact) mass is 427 g/mol. The zero-order valence-electron chi connectivity index (χ0n) is 16.6. The van der Waals surface area contributed by atoms with Crippen molar-refractivity contribution in [3.8, 4) is 0 Å². The number of likely N-dealkylation sites (tertiary alicyclic amines) is 1. The number of ether oxygens (including phenoxy) is 2. The maximum absolute atomic E-state index is 12.6. The molecule has 0 saturated carbocycles. The largest absolute Gasteiger partial charge is 0.444 e. The Morgan fingerprint density at radius 1 is 1.33 bits per heavy atom. The lowest BCUT2D eigenvalue weighted by Gasteiger charge is -2.51. The second-order valence-electron chi connectivity index (χ2n) is 8.73. The lowest BCUT2D eigenvalue weighted by atomic mass is 9.82. The lowest BCUT2D eigenvalue weighted by Crippen LogP contribution is -2.54. The third kappa shape index (κ3) is 3.65. The zero-order chi connectivity index (χ0) is 19.3. The molecule has 7 heteroatoms. The maximum atomic E-state index is 12.6. The van der Waals surface area contributed by atoms with Crippen LogP contribution in [0.2, 0.25) is 0 Å². The molecule has 2 saturated heterocycles. The fourth-order valence-electron chi connectivity index (χ4n) is 4.29. The zero-order valence-corrected chi connectivity index (χ0v) is 19.0. The van der Waals surface area contributed by atoms with E-state index in [-0.39, 0.29) is 21.8 Å². The van der Waals surface area contributed by atoms with Crippen molar-refractivity contribution in [2.24, 2.45) is 0 Å². The summed E-state index contributed by atoms with van der Waals surface area (Å²) in [5, 5.41) is 2.23. The summed E-state index contributed by atoms with van der Waals surface area (Å²) in [7, 11) is 0. The van der Waals surface area contributed by atoms with E-state index < -0.39 is 5.60 Å². The number of hydrogen-bond acceptors (Lipinski definition) is 6. The highest BCUT2D eigenvalue weighted by molar-refractivity contribution is 8.18. The second-order valence-corrected chi connectivity index (χ2v) is 12.7. The van der Waals surface area contributed by atoms with Crippen LogP contribution in [0, 0.1) is 0 Å². The first-order chi connectivity index (χ1) is 12.7. The molecule has 3 aliphatic heterocycles. The van der Waals surface area contributed by atoms with E-state index in [1.807, 2.05) is 37.0 Å². The number of rotatable bonds is 0. The predicted octanol–water partition coefficient (Wildman–Crippen LogP) is 5.42. The first kappa shape index (κ1) is 19.9. The van der Waals surface area contributed by atoms with Crippen molar-refractivity contribution >= 4 is 41.0 Å². The standard InChI is InChI=1S/C20H29NO3S3/c1-14-12-19(7-8-21(14)17(22)24-18(2,3)4)16-15(6-11-25-16)20(13-23-19)26-9-5-10-27-20/h6,11,14H,5,7-10,12-13H2,1-4H3/t14-,19+/m0/s1. The number of hydrogen-bond donors (Lipinski definition) is 0. The van der Waals surface area contributed by atoms with Gasteiger partial charge in [-0.3, -0.25) is 0 Å². The van der Waals surface area contributed by atoms with E-state index in [1.165, 1.54) is 28.4 Å². The summed E-state index contributed by atoms with van der Waals surface area (Å²) >= 11 is 5.94. The number of carbonyl (C=O) groups is 1. The number of thioether (sulfide) groups is 2. The Morgan fingerprint density at radius 3 is 2.74 bits per heavy atom. The van der Waals surface area contributed by atoms with Gasteiger partial charge in [0.15, 0.2) is 0 Å². The molecule has 2 atom stereocenters.